The molecule has 1 saturated heterocycles. The molecule has 0 aliphatic carbocycles. The highest BCUT2D eigenvalue weighted by Gasteiger charge is 2.33. The highest BCUT2D eigenvalue weighted by Crippen LogP contribution is 2.28. The average Bonchev–Trinajstić information content (AvgIpc) is 3.23. The number of hydrogen-bond acceptors (Lipinski definition) is 6. The van der Waals surface area contributed by atoms with Crippen LogP contribution in [0.3, 0.4) is 0 Å². The van der Waals surface area contributed by atoms with Crippen molar-refractivity contribution in [1.29, 1.82) is 0 Å². The van der Waals surface area contributed by atoms with Crippen LogP contribution in [-0.2, 0) is 22.5 Å². The van der Waals surface area contributed by atoms with Crippen LogP contribution in [0.4, 0.5) is 0 Å². The Hall–Kier alpha value is -2.12. The summed E-state index contributed by atoms with van der Waals surface area (Å²) in [6.07, 6.45) is 2.17. The third-order valence-corrected chi connectivity index (χ3v) is 3.90. The second kappa shape index (κ2) is 6.97. The Morgan fingerprint density at radius 3 is 3.09 bits per heavy atom. The maximum atomic E-state index is 12.9. The predicted molar refractivity (Wildman–Crippen MR) is 79.9 cm³/mol. The Kier molecular flexibility index (Phi) is 4.78. The topological polar surface area (TPSA) is 77.9 Å². The van der Waals surface area contributed by atoms with Gasteiger partial charge in [0.25, 0.3) is 5.91 Å². The van der Waals surface area contributed by atoms with E-state index in [1.165, 1.54) is 6.26 Å². The third kappa shape index (κ3) is 3.16. The molecule has 1 amide bonds. The lowest BCUT2D eigenvalue weighted by Gasteiger charge is -2.34. The minimum Gasteiger partial charge on any atom is -0.464 e. The number of nitrogens with zero attached hydrogens (tertiary/aromatic N) is 2. The van der Waals surface area contributed by atoms with Crippen LogP contribution in [0.1, 0.15) is 40.5 Å². The van der Waals surface area contributed by atoms with E-state index in [4.69, 9.17) is 18.4 Å². The molecule has 1 fully saturated rings. The summed E-state index contributed by atoms with van der Waals surface area (Å²) in [5.74, 6) is 1.48. The van der Waals surface area contributed by atoms with Crippen LogP contribution < -0.4 is 0 Å². The Morgan fingerprint density at radius 2 is 2.35 bits per heavy atom. The van der Waals surface area contributed by atoms with Gasteiger partial charge in [0.15, 0.2) is 0 Å². The molecule has 124 valence electrons. The predicted octanol–water partition coefficient (Wildman–Crippen LogP) is 2.19. The van der Waals surface area contributed by atoms with E-state index in [-0.39, 0.29) is 18.6 Å². The van der Waals surface area contributed by atoms with Crippen molar-refractivity contribution in [2.75, 3.05) is 26.9 Å². The summed E-state index contributed by atoms with van der Waals surface area (Å²) >= 11 is 0. The van der Waals surface area contributed by atoms with Crippen LogP contribution in [-0.4, -0.2) is 42.8 Å². The van der Waals surface area contributed by atoms with Gasteiger partial charge in [0, 0.05) is 20.1 Å². The second-order valence-electron chi connectivity index (χ2n) is 5.35. The molecule has 0 saturated carbocycles. The molecule has 7 heteroatoms. The normalized spacial score (nSPS) is 18.3. The molecule has 3 rings (SSSR count). The summed E-state index contributed by atoms with van der Waals surface area (Å²) in [6.45, 7) is 3.65. The molecule has 7 nitrogen and oxygen atoms in total. The van der Waals surface area contributed by atoms with E-state index in [9.17, 15) is 4.79 Å². The van der Waals surface area contributed by atoms with Crippen molar-refractivity contribution in [2.24, 2.45) is 0 Å². The highest BCUT2D eigenvalue weighted by atomic mass is 16.5. The molecule has 2 aromatic heterocycles. The number of hydrogen-bond donors (Lipinski definition) is 0. The fraction of sp³-hybridized carbons (Fsp3) is 0.500. The van der Waals surface area contributed by atoms with Crippen molar-refractivity contribution < 1.29 is 23.2 Å². The molecule has 0 bridgehead atoms. The zero-order chi connectivity index (χ0) is 16.2. The molecule has 1 atom stereocenters. The Labute approximate surface area is 134 Å². The molecule has 2 aromatic rings. The van der Waals surface area contributed by atoms with Gasteiger partial charge < -0.3 is 23.3 Å². The van der Waals surface area contributed by atoms with E-state index in [1.807, 2.05) is 19.1 Å². The van der Waals surface area contributed by atoms with Gasteiger partial charge in [0.2, 0.25) is 0 Å². The van der Waals surface area contributed by atoms with Crippen LogP contribution in [0.5, 0.6) is 0 Å². The second-order valence-corrected chi connectivity index (χ2v) is 5.35. The van der Waals surface area contributed by atoms with Crippen LogP contribution in [0.25, 0.3) is 0 Å². The fourth-order valence-electron chi connectivity index (χ4n) is 2.68. The smallest absolute Gasteiger partial charge is 0.259 e. The van der Waals surface area contributed by atoms with Crippen LogP contribution >= 0.6 is 0 Å². The first-order valence-corrected chi connectivity index (χ1v) is 7.64. The molecular weight excluding hydrogens is 300 g/mol. The number of morpholine rings is 1. The van der Waals surface area contributed by atoms with Gasteiger partial charge in [-0.05, 0) is 12.1 Å². The van der Waals surface area contributed by atoms with Crippen molar-refractivity contribution in [2.45, 2.75) is 26.0 Å². The largest absolute Gasteiger partial charge is 0.464 e. The van der Waals surface area contributed by atoms with Gasteiger partial charge in [-0.25, -0.2) is 0 Å². The molecule has 1 unspecified atom stereocenters. The first kappa shape index (κ1) is 15.8. The number of furan rings is 1. The molecule has 0 radical (unpaired) electrons. The molecule has 1 aliphatic rings. The van der Waals surface area contributed by atoms with Gasteiger partial charge in [-0.15, -0.1) is 0 Å². The van der Waals surface area contributed by atoms with E-state index in [2.05, 4.69) is 5.16 Å². The maximum absolute atomic E-state index is 12.9. The van der Waals surface area contributed by atoms with Crippen LogP contribution in [0.2, 0.25) is 0 Å². The van der Waals surface area contributed by atoms with Crippen molar-refractivity contribution in [3.63, 3.8) is 0 Å². The minimum absolute atomic E-state index is 0.152. The number of methoxy groups -OCH3 is 1. The number of carbonyl (C=O) groups is 1. The average molecular weight is 320 g/mol. The van der Waals surface area contributed by atoms with Crippen LogP contribution in [0.15, 0.2) is 27.3 Å². The van der Waals surface area contributed by atoms with E-state index in [1.54, 1.807) is 12.0 Å². The quantitative estimate of drug-likeness (QED) is 0.840. The van der Waals surface area contributed by atoms with E-state index in [0.29, 0.717) is 31.0 Å². The summed E-state index contributed by atoms with van der Waals surface area (Å²) in [5.41, 5.74) is 0.914. The summed E-state index contributed by atoms with van der Waals surface area (Å²) in [4.78, 5) is 14.6. The van der Waals surface area contributed by atoms with E-state index >= 15 is 0 Å². The molecule has 23 heavy (non-hydrogen) atoms. The van der Waals surface area contributed by atoms with E-state index < -0.39 is 0 Å². The van der Waals surface area contributed by atoms with Gasteiger partial charge in [-0.1, -0.05) is 12.1 Å². The molecule has 1 aliphatic heterocycles. The Morgan fingerprint density at radius 1 is 1.48 bits per heavy atom. The molecule has 0 spiro atoms. The molecule has 3 heterocycles. The first-order chi connectivity index (χ1) is 11.2. The monoisotopic (exact) mass is 320 g/mol. The minimum atomic E-state index is -0.248. The molecular formula is C16H20N2O5. The summed E-state index contributed by atoms with van der Waals surface area (Å²) < 4.78 is 21.3. The number of aryl methyl sites for hydroxylation is 1. The number of ether oxygens (including phenoxy) is 2. The lowest BCUT2D eigenvalue weighted by Crippen LogP contribution is -2.43. The van der Waals surface area contributed by atoms with Crippen molar-refractivity contribution in [3.05, 3.63) is 41.2 Å². The van der Waals surface area contributed by atoms with Gasteiger partial charge in [-0.2, -0.15) is 0 Å². The van der Waals surface area contributed by atoms with Gasteiger partial charge in [0.1, 0.15) is 35.1 Å². The lowest BCUT2D eigenvalue weighted by atomic mass is 10.1. The summed E-state index contributed by atoms with van der Waals surface area (Å²) in [6, 6.07) is 3.59. The Balaban J connectivity index is 1.85. The zero-order valence-corrected chi connectivity index (χ0v) is 13.3. The Bertz CT molecular complexity index is 663. The zero-order valence-electron chi connectivity index (χ0n) is 13.3. The van der Waals surface area contributed by atoms with Crippen molar-refractivity contribution in [1.82, 2.24) is 10.1 Å². The number of amides is 1. The van der Waals surface area contributed by atoms with Crippen LogP contribution in [0, 0.1) is 0 Å². The van der Waals surface area contributed by atoms with Gasteiger partial charge >= 0.3 is 0 Å². The number of aromatic nitrogens is 1. The summed E-state index contributed by atoms with van der Waals surface area (Å²) in [5, 5.41) is 3.83. The standard InChI is InChI=1S/C16H20N2O5/c1-3-11-4-5-15(23-11)14-10-21-7-6-18(14)16(19)12-8-22-17-13(12)9-20-2/h4-5,8,14H,3,6-7,9-10H2,1-2H3. The fourth-order valence-corrected chi connectivity index (χ4v) is 2.68. The number of carbonyl (C=O) groups excluding carboxylic acids is 1. The highest BCUT2D eigenvalue weighted by molar-refractivity contribution is 5.95. The SMILES string of the molecule is CCc1ccc(C2COCCN2C(=O)c2conc2COC)o1. The molecule has 0 N–H and O–H groups in total. The lowest BCUT2D eigenvalue weighted by molar-refractivity contribution is -0.00918. The summed E-state index contributed by atoms with van der Waals surface area (Å²) in [7, 11) is 1.55. The van der Waals surface area contributed by atoms with Crippen molar-refractivity contribution >= 4 is 5.91 Å². The van der Waals surface area contributed by atoms with Gasteiger partial charge in [0.05, 0.1) is 19.8 Å². The van der Waals surface area contributed by atoms with Gasteiger partial charge in [-0.3, -0.25) is 4.79 Å². The number of rotatable bonds is 5. The van der Waals surface area contributed by atoms with Crippen molar-refractivity contribution in [3.8, 4) is 0 Å². The maximum Gasteiger partial charge on any atom is 0.259 e. The molecule has 0 aromatic carbocycles. The first-order valence-electron chi connectivity index (χ1n) is 7.64. The van der Waals surface area contributed by atoms with E-state index in [0.717, 1.165) is 17.9 Å². The third-order valence-electron chi connectivity index (χ3n) is 3.90.